The summed E-state index contributed by atoms with van der Waals surface area (Å²) in [4.78, 5) is 9.64. The smallest absolute Gasteiger partial charge is 0.426 e. The maximum atomic E-state index is 13.0. The normalized spacial score (nSPS) is 11.2. The van der Waals surface area contributed by atoms with E-state index in [-0.39, 0.29) is 5.75 Å². The second-order valence-corrected chi connectivity index (χ2v) is 3.82. The second-order valence-electron chi connectivity index (χ2n) is 3.82. The summed E-state index contributed by atoms with van der Waals surface area (Å²) in [5, 5.41) is 10.7. The van der Waals surface area contributed by atoms with Crippen LogP contribution in [0.25, 0.3) is 0 Å². The molecule has 0 saturated heterocycles. The molecule has 104 valence electrons. The van der Waals surface area contributed by atoms with Crippen LogP contribution in [0.3, 0.4) is 0 Å². The topological polar surface area (TPSA) is 52.4 Å². The van der Waals surface area contributed by atoms with Gasteiger partial charge in [0.1, 0.15) is 11.5 Å². The van der Waals surface area contributed by atoms with Gasteiger partial charge in [-0.15, -0.1) is 0 Å². The number of ether oxygens (including phenoxy) is 1. The molecule has 0 amide bonds. The van der Waals surface area contributed by atoms with Crippen molar-refractivity contribution in [2.75, 3.05) is 0 Å². The first kappa shape index (κ1) is 13.9. The number of rotatable bonds is 3. The van der Waals surface area contributed by atoms with E-state index in [4.69, 9.17) is 4.74 Å². The first-order chi connectivity index (χ1) is 9.39. The lowest BCUT2D eigenvalue weighted by molar-refractivity contribution is -0.388. The molecule has 2 aromatic carbocycles. The van der Waals surface area contributed by atoms with Crippen LogP contribution in [0.4, 0.5) is 18.9 Å². The fraction of sp³-hybridized carbons (Fsp3) is 0.0769. The number of nitrogens with zero attached hydrogens (tertiary/aromatic N) is 1. The van der Waals surface area contributed by atoms with Gasteiger partial charge in [0.15, 0.2) is 5.56 Å². The van der Waals surface area contributed by atoms with Gasteiger partial charge in [0.05, 0.1) is 4.92 Å². The van der Waals surface area contributed by atoms with Gasteiger partial charge in [-0.25, -0.2) is 0 Å². The molecular weight excluding hydrogens is 275 g/mol. The Morgan fingerprint density at radius 2 is 1.65 bits per heavy atom. The lowest BCUT2D eigenvalue weighted by atomic mass is 10.1. The molecule has 7 heteroatoms. The molecule has 0 aromatic heterocycles. The maximum Gasteiger partial charge on any atom is 0.426 e. The molecule has 2 rings (SSSR count). The first-order valence-electron chi connectivity index (χ1n) is 5.47. The summed E-state index contributed by atoms with van der Waals surface area (Å²) in [6, 6.07) is 10.7. The Hall–Kier alpha value is -2.57. The zero-order valence-electron chi connectivity index (χ0n) is 9.92. The van der Waals surface area contributed by atoms with Crippen LogP contribution in [-0.2, 0) is 6.18 Å². The van der Waals surface area contributed by atoms with Crippen LogP contribution < -0.4 is 4.74 Å². The first-order valence-corrected chi connectivity index (χ1v) is 5.47. The second kappa shape index (κ2) is 5.20. The predicted molar refractivity (Wildman–Crippen MR) is 64.6 cm³/mol. The Morgan fingerprint density at radius 1 is 1.00 bits per heavy atom. The standard InChI is InChI=1S/C13H8F3NO3/c14-13(15,16)12-10(17(18)19)7-4-8-11(12)20-9-5-2-1-3-6-9/h1-8H. The van der Waals surface area contributed by atoms with Crippen molar-refractivity contribution in [2.24, 2.45) is 0 Å². The molecule has 0 heterocycles. The molecule has 0 aliphatic heterocycles. The molecule has 0 aliphatic carbocycles. The third-order valence-corrected chi connectivity index (χ3v) is 2.46. The average molecular weight is 283 g/mol. The summed E-state index contributed by atoms with van der Waals surface area (Å²) in [6.07, 6.45) is -4.88. The van der Waals surface area contributed by atoms with E-state index in [1.54, 1.807) is 18.2 Å². The van der Waals surface area contributed by atoms with Gasteiger partial charge < -0.3 is 4.74 Å². The van der Waals surface area contributed by atoms with Crippen LogP contribution in [0.5, 0.6) is 11.5 Å². The van der Waals surface area contributed by atoms with Gasteiger partial charge in [0, 0.05) is 6.07 Å². The molecular formula is C13H8F3NO3. The van der Waals surface area contributed by atoms with Crippen LogP contribution in [0.1, 0.15) is 5.56 Å². The maximum absolute atomic E-state index is 13.0. The van der Waals surface area contributed by atoms with Gasteiger partial charge in [-0.2, -0.15) is 13.2 Å². The number of hydrogen-bond donors (Lipinski definition) is 0. The molecule has 20 heavy (non-hydrogen) atoms. The molecule has 0 atom stereocenters. The van der Waals surface area contributed by atoms with Crippen molar-refractivity contribution in [3.8, 4) is 11.5 Å². The van der Waals surface area contributed by atoms with E-state index in [1.165, 1.54) is 12.1 Å². The Bertz CT molecular complexity index is 627. The van der Waals surface area contributed by atoms with E-state index >= 15 is 0 Å². The number of benzene rings is 2. The van der Waals surface area contributed by atoms with Crippen LogP contribution in [0.15, 0.2) is 48.5 Å². The van der Waals surface area contributed by atoms with Gasteiger partial charge in [-0.05, 0) is 18.2 Å². The molecule has 0 radical (unpaired) electrons. The SMILES string of the molecule is O=[N+]([O-])c1cccc(Oc2ccccc2)c1C(F)(F)F. The number of hydrogen-bond acceptors (Lipinski definition) is 3. The van der Waals surface area contributed by atoms with Gasteiger partial charge in [-0.1, -0.05) is 24.3 Å². The summed E-state index contributed by atoms with van der Waals surface area (Å²) in [5.74, 6) is -0.434. The van der Waals surface area contributed by atoms with Gasteiger partial charge in [0.25, 0.3) is 5.69 Å². The summed E-state index contributed by atoms with van der Waals surface area (Å²) in [5.41, 5.74) is -2.43. The third kappa shape index (κ3) is 2.87. The van der Waals surface area contributed by atoms with E-state index in [1.807, 2.05) is 0 Å². The fourth-order valence-corrected chi connectivity index (χ4v) is 1.66. The van der Waals surface area contributed by atoms with Gasteiger partial charge >= 0.3 is 6.18 Å². The molecule has 0 aliphatic rings. The number of alkyl halides is 3. The number of nitro groups is 1. The van der Waals surface area contributed by atoms with E-state index in [2.05, 4.69) is 0 Å². The highest BCUT2D eigenvalue weighted by molar-refractivity contribution is 5.52. The molecule has 0 saturated carbocycles. The number of halogens is 3. The van der Waals surface area contributed by atoms with Crippen molar-refractivity contribution < 1.29 is 22.8 Å². The highest BCUT2D eigenvalue weighted by atomic mass is 19.4. The van der Waals surface area contributed by atoms with Gasteiger partial charge in [0.2, 0.25) is 0 Å². The summed E-state index contributed by atoms with van der Waals surface area (Å²) in [7, 11) is 0. The van der Waals surface area contributed by atoms with Crippen LogP contribution in [0.2, 0.25) is 0 Å². The van der Waals surface area contributed by atoms with Gasteiger partial charge in [-0.3, -0.25) is 10.1 Å². The van der Waals surface area contributed by atoms with Crippen LogP contribution >= 0.6 is 0 Å². The van der Waals surface area contributed by atoms with E-state index in [9.17, 15) is 23.3 Å². The van der Waals surface area contributed by atoms with E-state index in [0.29, 0.717) is 0 Å². The minimum absolute atomic E-state index is 0.165. The summed E-state index contributed by atoms with van der Waals surface area (Å²) in [6.45, 7) is 0. The minimum atomic E-state index is -4.88. The van der Waals surface area contributed by atoms with E-state index < -0.39 is 28.1 Å². The van der Waals surface area contributed by atoms with Crippen molar-refractivity contribution in [1.82, 2.24) is 0 Å². The lowest BCUT2D eigenvalue weighted by Gasteiger charge is -2.13. The number of nitro benzene ring substituents is 1. The lowest BCUT2D eigenvalue weighted by Crippen LogP contribution is -2.10. The summed E-state index contributed by atoms with van der Waals surface area (Å²) < 4.78 is 44.1. The molecule has 0 spiro atoms. The van der Waals surface area contributed by atoms with Crippen LogP contribution in [-0.4, -0.2) is 4.92 Å². The largest absolute Gasteiger partial charge is 0.456 e. The van der Waals surface area contributed by atoms with Crippen LogP contribution in [0, 0.1) is 10.1 Å². The van der Waals surface area contributed by atoms with Crippen molar-refractivity contribution in [3.63, 3.8) is 0 Å². The van der Waals surface area contributed by atoms with Crippen molar-refractivity contribution in [1.29, 1.82) is 0 Å². The molecule has 0 N–H and O–H groups in total. The highest BCUT2D eigenvalue weighted by Gasteiger charge is 2.42. The molecule has 0 unspecified atom stereocenters. The highest BCUT2D eigenvalue weighted by Crippen LogP contribution is 2.43. The Kier molecular flexibility index (Phi) is 3.60. The Morgan fingerprint density at radius 3 is 2.20 bits per heavy atom. The quantitative estimate of drug-likeness (QED) is 0.619. The summed E-state index contributed by atoms with van der Waals surface area (Å²) >= 11 is 0. The average Bonchev–Trinajstić information content (AvgIpc) is 2.38. The monoisotopic (exact) mass is 283 g/mol. The molecule has 0 fully saturated rings. The van der Waals surface area contributed by atoms with Crippen molar-refractivity contribution in [2.45, 2.75) is 6.18 Å². The Labute approximate surface area is 111 Å². The zero-order valence-corrected chi connectivity index (χ0v) is 9.92. The molecule has 0 bridgehead atoms. The third-order valence-electron chi connectivity index (χ3n) is 2.46. The minimum Gasteiger partial charge on any atom is -0.456 e. The Balaban J connectivity index is 2.53. The van der Waals surface area contributed by atoms with Crippen molar-refractivity contribution in [3.05, 3.63) is 64.2 Å². The predicted octanol–water partition coefficient (Wildman–Crippen LogP) is 4.41. The molecule has 4 nitrogen and oxygen atoms in total. The van der Waals surface area contributed by atoms with E-state index in [0.717, 1.165) is 18.2 Å². The molecule has 2 aromatic rings. The zero-order chi connectivity index (χ0) is 14.8. The van der Waals surface area contributed by atoms with Crippen molar-refractivity contribution >= 4 is 5.69 Å². The number of para-hydroxylation sites is 1. The fourth-order valence-electron chi connectivity index (χ4n) is 1.66.